The van der Waals surface area contributed by atoms with Gasteiger partial charge in [0.2, 0.25) is 0 Å². The minimum atomic E-state index is 0.234. The van der Waals surface area contributed by atoms with Gasteiger partial charge in [0, 0.05) is 11.1 Å². The third-order valence-electron chi connectivity index (χ3n) is 2.62. The Morgan fingerprint density at radius 2 is 2.38 bits per heavy atom. The lowest BCUT2D eigenvalue weighted by Crippen LogP contribution is -2.12. The molecule has 16 heavy (non-hydrogen) atoms. The maximum atomic E-state index is 5.76. The van der Waals surface area contributed by atoms with E-state index in [4.69, 9.17) is 14.2 Å². The van der Waals surface area contributed by atoms with Gasteiger partial charge in [-0.3, -0.25) is 0 Å². The number of methoxy groups -OCH3 is 1. The van der Waals surface area contributed by atoms with Crippen LogP contribution in [0, 0.1) is 0 Å². The third kappa shape index (κ3) is 2.97. The molecule has 88 valence electrons. The van der Waals surface area contributed by atoms with Crippen molar-refractivity contribution in [1.29, 1.82) is 0 Å². The maximum Gasteiger partial charge on any atom is 0.119 e. The molecule has 1 aliphatic rings. The van der Waals surface area contributed by atoms with Gasteiger partial charge in [-0.1, -0.05) is 15.9 Å². The Hall–Kier alpha value is -0.580. The minimum absolute atomic E-state index is 0.234. The predicted octanol–water partition coefficient (Wildman–Crippen LogP) is 2.76. The van der Waals surface area contributed by atoms with Crippen LogP contribution in [0.2, 0.25) is 0 Å². The van der Waals surface area contributed by atoms with Crippen molar-refractivity contribution in [2.75, 3.05) is 20.3 Å². The van der Waals surface area contributed by atoms with Crippen LogP contribution in [0.4, 0.5) is 0 Å². The van der Waals surface area contributed by atoms with E-state index in [0.29, 0.717) is 13.2 Å². The van der Waals surface area contributed by atoms with Crippen molar-refractivity contribution in [1.82, 2.24) is 0 Å². The zero-order valence-corrected chi connectivity index (χ0v) is 10.8. The Bertz CT molecular complexity index is 348. The monoisotopic (exact) mass is 286 g/mol. The highest BCUT2D eigenvalue weighted by molar-refractivity contribution is 9.10. The lowest BCUT2D eigenvalue weighted by molar-refractivity contribution is 0.0314. The minimum Gasteiger partial charge on any atom is -0.497 e. The molecule has 0 bridgehead atoms. The summed E-state index contributed by atoms with van der Waals surface area (Å²) in [6, 6.07) is 5.88. The Morgan fingerprint density at radius 3 is 3.06 bits per heavy atom. The summed E-state index contributed by atoms with van der Waals surface area (Å²) in [6.45, 7) is 2.11. The molecule has 1 heterocycles. The molecule has 4 heteroatoms. The second kappa shape index (κ2) is 5.66. The Balaban J connectivity index is 1.96. The van der Waals surface area contributed by atoms with Gasteiger partial charge in [0.25, 0.3) is 0 Å². The summed E-state index contributed by atoms with van der Waals surface area (Å²) >= 11 is 3.50. The van der Waals surface area contributed by atoms with Crippen LogP contribution in [0.3, 0.4) is 0 Å². The summed E-state index contributed by atoms with van der Waals surface area (Å²) in [5.74, 6) is 0.851. The quantitative estimate of drug-likeness (QED) is 0.852. The van der Waals surface area contributed by atoms with E-state index in [-0.39, 0.29) is 6.10 Å². The molecule has 1 fully saturated rings. The van der Waals surface area contributed by atoms with E-state index in [9.17, 15) is 0 Å². The molecule has 3 nitrogen and oxygen atoms in total. The number of ether oxygens (including phenoxy) is 3. The van der Waals surface area contributed by atoms with Gasteiger partial charge < -0.3 is 14.2 Å². The van der Waals surface area contributed by atoms with E-state index < -0.39 is 0 Å². The SMILES string of the molecule is COc1ccc(Br)c(COC2CCOC2)c1. The number of hydrogen-bond donors (Lipinski definition) is 0. The highest BCUT2D eigenvalue weighted by Gasteiger charge is 2.16. The lowest BCUT2D eigenvalue weighted by atomic mass is 10.2. The van der Waals surface area contributed by atoms with E-state index in [1.165, 1.54) is 0 Å². The Kier molecular flexibility index (Phi) is 4.21. The zero-order valence-electron chi connectivity index (χ0n) is 9.24. The van der Waals surface area contributed by atoms with Gasteiger partial charge >= 0.3 is 0 Å². The third-order valence-corrected chi connectivity index (χ3v) is 3.39. The zero-order chi connectivity index (χ0) is 11.4. The van der Waals surface area contributed by atoms with Crippen LogP contribution >= 0.6 is 15.9 Å². The predicted molar refractivity (Wildman–Crippen MR) is 64.7 cm³/mol. The molecule has 0 saturated carbocycles. The first-order valence-electron chi connectivity index (χ1n) is 5.31. The molecule has 1 aromatic rings. The van der Waals surface area contributed by atoms with Crippen molar-refractivity contribution in [2.24, 2.45) is 0 Å². The summed E-state index contributed by atoms with van der Waals surface area (Å²) in [5.41, 5.74) is 1.10. The van der Waals surface area contributed by atoms with Gasteiger partial charge in [-0.2, -0.15) is 0 Å². The van der Waals surface area contributed by atoms with E-state index in [1.54, 1.807) is 7.11 Å². The van der Waals surface area contributed by atoms with E-state index in [0.717, 1.165) is 28.8 Å². The molecule has 0 N–H and O–H groups in total. The highest BCUT2D eigenvalue weighted by Crippen LogP contribution is 2.24. The first-order valence-corrected chi connectivity index (χ1v) is 6.10. The van der Waals surface area contributed by atoms with Gasteiger partial charge in [0.1, 0.15) is 5.75 Å². The first-order chi connectivity index (χ1) is 7.79. The van der Waals surface area contributed by atoms with Gasteiger partial charge in [0.15, 0.2) is 0 Å². The fourth-order valence-corrected chi connectivity index (χ4v) is 2.00. The van der Waals surface area contributed by atoms with Gasteiger partial charge in [-0.25, -0.2) is 0 Å². The molecule has 1 saturated heterocycles. The second-order valence-corrected chi connectivity index (χ2v) is 4.61. The molecule has 0 amide bonds. The number of halogens is 1. The van der Waals surface area contributed by atoms with Crippen LogP contribution in [-0.2, 0) is 16.1 Å². The average Bonchev–Trinajstić information content (AvgIpc) is 2.81. The van der Waals surface area contributed by atoms with E-state index in [2.05, 4.69) is 15.9 Å². The molecule has 2 rings (SSSR count). The molecule has 1 aliphatic heterocycles. The highest BCUT2D eigenvalue weighted by atomic mass is 79.9. The van der Waals surface area contributed by atoms with Crippen LogP contribution in [0.25, 0.3) is 0 Å². The molecule has 1 unspecified atom stereocenters. The van der Waals surface area contributed by atoms with Crippen molar-refractivity contribution < 1.29 is 14.2 Å². The van der Waals surface area contributed by atoms with Crippen LogP contribution in [0.1, 0.15) is 12.0 Å². The molecule has 0 aliphatic carbocycles. The smallest absolute Gasteiger partial charge is 0.119 e. The number of hydrogen-bond acceptors (Lipinski definition) is 3. The summed E-state index contributed by atoms with van der Waals surface area (Å²) in [6.07, 6.45) is 1.22. The van der Waals surface area contributed by atoms with Crippen LogP contribution < -0.4 is 4.74 Å². The summed E-state index contributed by atoms with van der Waals surface area (Å²) in [4.78, 5) is 0. The summed E-state index contributed by atoms with van der Waals surface area (Å²) < 4.78 is 17.2. The van der Waals surface area contributed by atoms with Crippen molar-refractivity contribution >= 4 is 15.9 Å². The van der Waals surface area contributed by atoms with Crippen molar-refractivity contribution in [3.63, 3.8) is 0 Å². The molecule has 0 radical (unpaired) electrons. The number of rotatable bonds is 4. The fraction of sp³-hybridized carbons (Fsp3) is 0.500. The number of benzene rings is 1. The normalized spacial score (nSPS) is 20.0. The fourth-order valence-electron chi connectivity index (χ4n) is 1.64. The maximum absolute atomic E-state index is 5.76. The standard InChI is InChI=1S/C12H15BrO3/c1-14-10-2-3-12(13)9(6-10)7-16-11-4-5-15-8-11/h2-3,6,11H,4-5,7-8H2,1H3. The summed E-state index contributed by atoms with van der Waals surface area (Å²) in [7, 11) is 1.67. The molecule has 1 atom stereocenters. The van der Waals surface area contributed by atoms with Gasteiger partial charge in [-0.15, -0.1) is 0 Å². The summed E-state index contributed by atoms with van der Waals surface area (Å²) in [5, 5.41) is 0. The van der Waals surface area contributed by atoms with Crippen LogP contribution in [0.5, 0.6) is 5.75 Å². The van der Waals surface area contributed by atoms with Crippen LogP contribution in [-0.4, -0.2) is 26.4 Å². The Morgan fingerprint density at radius 1 is 1.50 bits per heavy atom. The Labute approximate surface area is 104 Å². The largest absolute Gasteiger partial charge is 0.497 e. The van der Waals surface area contributed by atoms with Crippen molar-refractivity contribution in [3.05, 3.63) is 28.2 Å². The van der Waals surface area contributed by atoms with E-state index in [1.807, 2.05) is 18.2 Å². The first kappa shape index (κ1) is 11.9. The molecular weight excluding hydrogens is 272 g/mol. The molecule has 0 spiro atoms. The van der Waals surface area contributed by atoms with Crippen molar-refractivity contribution in [3.8, 4) is 5.75 Å². The van der Waals surface area contributed by atoms with Gasteiger partial charge in [0.05, 0.1) is 26.4 Å². The van der Waals surface area contributed by atoms with Crippen LogP contribution in [0.15, 0.2) is 22.7 Å². The molecule has 0 aromatic heterocycles. The molecular formula is C12H15BrO3. The topological polar surface area (TPSA) is 27.7 Å². The van der Waals surface area contributed by atoms with Gasteiger partial charge in [-0.05, 0) is 30.2 Å². The average molecular weight is 287 g/mol. The van der Waals surface area contributed by atoms with E-state index >= 15 is 0 Å². The second-order valence-electron chi connectivity index (χ2n) is 3.75. The lowest BCUT2D eigenvalue weighted by Gasteiger charge is -2.11. The van der Waals surface area contributed by atoms with Crippen molar-refractivity contribution in [2.45, 2.75) is 19.1 Å². The molecule has 1 aromatic carbocycles.